The van der Waals surface area contributed by atoms with Crippen LogP contribution in [0.3, 0.4) is 0 Å². The first-order valence-corrected chi connectivity index (χ1v) is 10.1. The van der Waals surface area contributed by atoms with Crippen molar-refractivity contribution in [3.05, 3.63) is 66.6 Å². The van der Waals surface area contributed by atoms with E-state index in [1.54, 1.807) is 24.4 Å². The zero-order valence-corrected chi connectivity index (χ0v) is 15.4. The highest BCUT2D eigenvalue weighted by Gasteiger charge is 2.19. The molecule has 0 unspecified atom stereocenters. The third kappa shape index (κ3) is 4.59. The normalized spacial score (nSPS) is 11.3. The van der Waals surface area contributed by atoms with Crippen molar-refractivity contribution in [1.82, 2.24) is 4.98 Å². The number of para-hydroxylation sites is 1. The van der Waals surface area contributed by atoms with Crippen LogP contribution in [0.1, 0.15) is 6.42 Å². The van der Waals surface area contributed by atoms with Gasteiger partial charge in [0.25, 0.3) is 0 Å². The Kier molecular flexibility index (Phi) is 5.36. The molecule has 140 valence electrons. The molecule has 3 aromatic rings. The molecular weight excluding hydrogens is 369 g/mol. The highest BCUT2D eigenvalue weighted by molar-refractivity contribution is 7.92. The smallest absolute Gasteiger partial charge is 0.232 e. The molecule has 3 rings (SSSR count). The predicted molar refractivity (Wildman–Crippen MR) is 104 cm³/mol. The Balaban J connectivity index is 1.73. The summed E-state index contributed by atoms with van der Waals surface area (Å²) in [6, 6.07) is 14.2. The predicted octanol–water partition coefficient (Wildman–Crippen LogP) is 3.17. The second-order valence-electron chi connectivity index (χ2n) is 5.99. The molecule has 0 aliphatic heterocycles. The minimum Gasteiger partial charge on any atom is -0.324 e. The van der Waals surface area contributed by atoms with E-state index in [2.05, 4.69) is 10.3 Å². The monoisotopic (exact) mass is 387 g/mol. The third-order valence-electron chi connectivity index (χ3n) is 3.96. The molecule has 1 aromatic heterocycles. The molecule has 0 atom stereocenters. The van der Waals surface area contributed by atoms with Gasteiger partial charge in [-0.1, -0.05) is 18.2 Å². The van der Waals surface area contributed by atoms with Gasteiger partial charge < -0.3 is 5.32 Å². The summed E-state index contributed by atoms with van der Waals surface area (Å²) >= 11 is 0. The number of aromatic nitrogens is 1. The Hall–Kier alpha value is -3.00. The molecule has 0 radical (unpaired) electrons. The highest BCUT2D eigenvalue weighted by atomic mass is 32.2. The average molecular weight is 387 g/mol. The maximum absolute atomic E-state index is 13.1. The number of pyridine rings is 1. The van der Waals surface area contributed by atoms with Crippen molar-refractivity contribution in [2.75, 3.05) is 22.4 Å². The van der Waals surface area contributed by atoms with Crippen LogP contribution in [0.15, 0.2) is 60.8 Å². The number of carbonyl (C=O) groups excluding carboxylic acids is 1. The summed E-state index contributed by atoms with van der Waals surface area (Å²) in [7, 11) is -3.62. The van der Waals surface area contributed by atoms with Gasteiger partial charge in [0.2, 0.25) is 15.9 Å². The van der Waals surface area contributed by atoms with Gasteiger partial charge in [-0.15, -0.1) is 0 Å². The van der Waals surface area contributed by atoms with E-state index < -0.39 is 15.8 Å². The van der Waals surface area contributed by atoms with Crippen LogP contribution in [0, 0.1) is 5.82 Å². The van der Waals surface area contributed by atoms with Gasteiger partial charge in [0.05, 0.1) is 23.1 Å². The number of nitrogens with one attached hydrogen (secondary N) is 1. The van der Waals surface area contributed by atoms with E-state index in [4.69, 9.17) is 0 Å². The van der Waals surface area contributed by atoms with Crippen molar-refractivity contribution >= 4 is 38.2 Å². The summed E-state index contributed by atoms with van der Waals surface area (Å²) < 4.78 is 38.3. The molecule has 0 aliphatic carbocycles. The zero-order chi connectivity index (χ0) is 19.4. The zero-order valence-electron chi connectivity index (χ0n) is 14.6. The molecule has 8 heteroatoms. The van der Waals surface area contributed by atoms with Crippen LogP contribution < -0.4 is 9.62 Å². The van der Waals surface area contributed by atoms with Crippen LogP contribution in [0.25, 0.3) is 10.9 Å². The molecule has 0 bridgehead atoms. The Morgan fingerprint density at radius 2 is 1.81 bits per heavy atom. The molecular formula is C19H18FN3O3S. The van der Waals surface area contributed by atoms with Crippen LogP contribution >= 0.6 is 0 Å². The summed E-state index contributed by atoms with van der Waals surface area (Å²) in [6.45, 7) is -0.0610. The SMILES string of the molecule is CS(=O)(=O)N(CCC(=O)Nc1cccc2cccnc12)c1ccc(F)cc1. The lowest BCUT2D eigenvalue weighted by molar-refractivity contribution is -0.116. The number of fused-ring (bicyclic) bond motifs is 1. The summed E-state index contributed by atoms with van der Waals surface area (Å²) in [6.07, 6.45) is 2.62. The molecule has 2 aromatic carbocycles. The lowest BCUT2D eigenvalue weighted by Gasteiger charge is -2.22. The lowest BCUT2D eigenvalue weighted by Crippen LogP contribution is -2.33. The summed E-state index contributed by atoms with van der Waals surface area (Å²) in [5, 5.41) is 3.66. The van der Waals surface area contributed by atoms with Crippen molar-refractivity contribution in [1.29, 1.82) is 0 Å². The number of halogens is 1. The number of amides is 1. The summed E-state index contributed by atoms with van der Waals surface area (Å²) in [5.41, 5.74) is 1.52. The van der Waals surface area contributed by atoms with Gasteiger partial charge in [-0.25, -0.2) is 12.8 Å². The number of benzene rings is 2. The van der Waals surface area contributed by atoms with Gasteiger partial charge in [0.1, 0.15) is 5.82 Å². The number of hydrogen-bond acceptors (Lipinski definition) is 4. The number of hydrogen-bond donors (Lipinski definition) is 1. The number of carbonyl (C=O) groups is 1. The van der Waals surface area contributed by atoms with Crippen molar-refractivity contribution < 1.29 is 17.6 Å². The number of sulfonamides is 1. The van der Waals surface area contributed by atoms with Crippen LogP contribution in [0.4, 0.5) is 15.8 Å². The van der Waals surface area contributed by atoms with Crippen molar-refractivity contribution in [2.24, 2.45) is 0 Å². The van der Waals surface area contributed by atoms with Gasteiger partial charge in [-0.05, 0) is 36.4 Å². The first kappa shape index (κ1) is 18.8. The first-order chi connectivity index (χ1) is 12.8. The topological polar surface area (TPSA) is 79.4 Å². The summed E-state index contributed by atoms with van der Waals surface area (Å²) in [5.74, 6) is -0.808. The van der Waals surface area contributed by atoms with Crippen LogP contribution in [0.2, 0.25) is 0 Å². The fraction of sp³-hybridized carbons (Fsp3) is 0.158. The first-order valence-electron chi connectivity index (χ1n) is 8.21. The molecule has 27 heavy (non-hydrogen) atoms. The van der Waals surface area contributed by atoms with Crippen LogP contribution in [-0.2, 0) is 14.8 Å². The van der Waals surface area contributed by atoms with E-state index in [0.29, 0.717) is 16.9 Å². The maximum atomic E-state index is 13.1. The van der Waals surface area contributed by atoms with Crippen LogP contribution in [-0.4, -0.2) is 32.1 Å². The second kappa shape index (κ2) is 7.71. The molecule has 0 fully saturated rings. The summed E-state index contributed by atoms with van der Waals surface area (Å²) in [4.78, 5) is 16.6. The van der Waals surface area contributed by atoms with Crippen molar-refractivity contribution in [2.45, 2.75) is 6.42 Å². The highest BCUT2D eigenvalue weighted by Crippen LogP contribution is 2.22. The van der Waals surface area contributed by atoms with E-state index in [1.807, 2.05) is 12.1 Å². The van der Waals surface area contributed by atoms with Gasteiger partial charge in [-0.3, -0.25) is 14.1 Å². The van der Waals surface area contributed by atoms with Gasteiger partial charge in [-0.2, -0.15) is 0 Å². The lowest BCUT2D eigenvalue weighted by atomic mass is 10.2. The number of anilines is 2. The molecule has 1 heterocycles. The minimum absolute atomic E-state index is 0.0610. The fourth-order valence-corrected chi connectivity index (χ4v) is 3.64. The fourth-order valence-electron chi connectivity index (χ4n) is 2.71. The van der Waals surface area contributed by atoms with Crippen molar-refractivity contribution in [3.8, 4) is 0 Å². The average Bonchev–Trinajstić information content (AvgIpc) is 2.62. The maximum Gasteiger partial charge on any atom is 0.232 e. The van der Waals surface area contributed by atoms with Crippen molar-refractivity contribution in [3.63, 3.8) is 0 Å². The van der Waals surface area contributed by atoms with Gasteiger partial charge in [0.15, 0.2) is 0 Å². The minimum atomic E-state index is -3.62. The Morgan fingerprint density at radius 1 is 1.11 bits per heavy atom. The van der Waals surface area contributed by atoms with E-state index in [-0.39, 0.29) is 18.9 Å². The Morgan fingerprint density at radius 3 is 2.52 bits per heavy atom. The van der Waals surface area contributed by atoms with E-state index in [0.717, 1.165) is 15.9 Å². The van der Waals surface area contributed by atoms with E-state index >= 15 is 0 Å². The molecule has 1 amide bonds. The largest absolute Gasteiger partial charge is 0.324 e. The van der Waals surface area contributed by atoms with Crippen LogP contribution in [0.5, 0.6) is 0 Å². The van der Waals surface area contributed by atoms with E-state index in [9.17, 15) is 17.6 Å². The number of nitrogens with zero attached hydrogens (tertiary/aromatic N) is 2. The standard InChI is InChI=1S/C19H18FN3O3S/c1-27(25,26)23(16-9-7-15(20)8-10-16)13-11-18(24)22-17-6-2-4-14-5-3-12-21-19(14)17/h2-10,12H,11,13H2,1H3,(H,22,24). The molecule has 1 N–H and O–H groups in total. The third-order valence-corrected chi connectivity index (χ3v) is 5.16. The molecule has 0 spiro atoms. The Labute approximate surface area is 156 Å². The van der Waals surface area contributed by atoms with Gasteiger partial charge >= 0.3 is 0 Å². The number of rotatable bonds is 6. The second-order valence-corrected chi connectivity index (χ2v) is 7.90. The molecule has 0 saturated heterocycles. The van der Waals surface area contributed by atoms with Gasteiger partial charge in [0, 0.05) is 24.5 Å². The molecule has 0 aliphatic rings. The quantitative estimate of drug-likeness (QED) is 0.705. The van der Waals surface area contributed by atoms with E-state index in [1.165, 1.54) is 24.3 Å². The molecule has 6 nitrogen and oxygen atoms in total. The Bertz CT molecular complexity index is 1060. The molecule has 0 saturated carbocycles.